The van der Waals surface area contributed by atoms with Gasteiger partial charge in [-0.05, 0) is 49.3 Å². The van der Waals surface area contributed by atoms with Crippen LogP contribution in [0, 0.1) is 5.92 Å². The lowest BCUT2D eigenvalue weighted by Gasteiger charge is -2.32. The van der Waals surface area contributed by atoms with Crippen LogP contribution in [0.2, 0.25) is 0 Å². The van der Waals surface area contributed by atoms with E-state index in [2.05, 4.69) is 6.58 Å². The summed E-state index contributed by atoms with van der Waals surface area (Å²) in [5.41, 5.74) is 0.0964. The first-order valence-corrected chi connectivity index (χ1v) is 7.47. The molecule has 0 aliphatic carbocycles. The lowest BCUT2D eigenvalue weighted by atomic mass is 9.91. The van der Waals surface area contributed by atoms with E-state index in [1.165, 1.54) is 18.2 Å². The fourth-order valence-corrected chi connectivity index (χ4v) is 2.90. The van der Waals surface area contributed by atoms with Crippen molar-refractivity contribution in [3.63, 3.8) is 0 Å². The molecule has 0 N–H and O–H groups in total. The number of amides is 1. The molecule has 1 atom stereocenters. The summed E-state index contributed by atoms with van der Waals surface area (Å²) < 4.78 is 38.1. The molecule has 1 aliphatic rings. The van der Waals surface area contributed by atoms with E-state index >= 15 is 0 Å². The van der Waals surface area contributed by atoms with Gasteiger partial charge < -0.3 is 4.90 Å². The Bertz CT molecular complexity index is 539. The number of hydrogen-bond donors (Lipinski definition) is 0. The summed E-state index contributed by atoms with van der Waals surface area (Å²) in [5, 5.41) is 0. The highest BCUT2D eigenvalue weighted by molar-refractivity contribution is 5.87. The van der Waals surface area contributed by atoms with Crippen molar-refractivity contribution in [1.82, 2.24) is 4.90 Å². The molecule has 1 aromatic rings. The number of piperidine rings is 1. The van der Waals surface area contributed by atoms with E-state index in [0.29, 0.717) is 24.4 Å². The van der Waals surface area contributed by atoms with Gasteiger partial charge in [-0.3, -0.25) is 4.79 Å². The molecule has 2 nitrogen and oxygen atoms in total. The maximum Gasteiger partial charge on any atom is 0.416 e. The summed E-state index contributed by atoms with van der Waals surface area (Å²) in [5.74, 6) is 0.274. The van der Waals surface area contributed by atoms with Crippen LogP contribution in [-0.4, -0.2) is 23.9 Å². The molecule has 1 heterocycles. The molecule has 0 saturated carbocycles. The van der Waals surface area contributed by atoms with E-state index in [1.54, 1.807) is 11.0 Å². The minimum atomic E-state index is -4.30. The van der Waals surface area contributed by atoms with Crippen molar-refractivity contribution >= 4 is 5.91 Å². The molecular formula is C17H20F3NO. The number of carbonyl (C=O) groups excluding carboxylic acids is 1. The van der Waals surface area contributed by atoms with Gasteiger partial charge in [0.25, 0.3) is 0 Å². The Hall–Kier alpha value is -1.78. The first-order valence-electron chi connectivity index (χ1n) is 7.47. The van der Waals surface area contributed by atoms with Crippen molar-refractivity contribution < 1.29 is 18.0 Å². The van der Waals surface area contributed by atoms with Gasteiger partial charge in [-0.15, -0.1) is 0 Å². The van der Waals surface area contributed by atoms with Crippen LogP contribution >= 0.6 is 0 Å². The quantitative estimate of drug-likeness (QED) is 0.768. The minimum absolute atomic E-state index is 0.0660. The van der Waals surface area contributed by atoms with Gasteiger partial charge in [0.2, 0.25) is 5.91 Å². The van der Waals surface area contributed by atoms with Gasteiger partial charge in [-0.1, -0.05) is 24.8 Å². The molecule has 1 amide bonds. The van der Waals surface area contributed by atoms with Gasteiger partial charge in [-0.2, -0.15) is 13.2 Å². The normalized spacial score (nSPS) is 19.0. The number of nitrogens with zero attached hydrogens (tertiary/aromatic N) is 1. The highest BCUT2D eigenvalue weighted by Crippen LogP contribution is 2.30. The lowest BCUT2D eigenvalue weighted by Crippen LogP contribution is -2.39. The van der Waals surface area contributed by atoms with Gasteiger partial charge in [0, 0.05) is 13.1 Å². The fourth-order valence-electron chi connectivity index (χ4n) is 2.90. The van der Waals surface area contributed by atoms with Crippen LogP contribution in [0.25, 0.3) is 0 Å². The maximum absolute atomic E-state index is 12.7. The number of hydrogen-bond acceptors (Lipinski definition) is 1. The summed E-state index contributed by atoms with van der Waals surface area (Å²) >= 11 is 0. The molecule has 1 aliphatic heterocycles. The Labute approximate surface area is 128 Å². The predicted molar refractivity (Wildman–Crippen MR) is 79.3 cm³/mol. The SMILES string of the molecule is C=CC(=O)N1CCC[C@H](CCc2cccc(C(F)(F)F)c2)C1. The zero-order chi connectivity index (χ0) is 16.2. The number of likely N-dealkylation sites (tertiary alicyclic amines) is 1. The highest BCUT2D eigenvalue weighted by Gasteiger charge is 2.30. The van der Waals surface area contributed by atoms with Crippen LogP contribution in [0.3, 0.4) is 0 Å². The molecular weight excluding hydrogens is 291 g/mol. The van der Waals surface area contributed by atoms with E-state index in [-0.39, 0.29) is 5.91 Å². The molecule has 0 aromatic heterocycles. The van der Waals surface area contributed by atoms with Crippen molar-refractivity contribution in [2.75, 3.05) is 13.1 Å². The van der Waals surface area contributed by atoms with Gasteiger partial charge in [0.05, 0.1) is 5.56 Å². The third kappa shape index (κ3) is 4.36. The highest BCUT2D eigenvalue weighted by atomic mass is 19.4. The van der Waals surface area contributed by atoms with Gasteiger partial charge >= 0.3 is 6.18 Å². The van der Waals surface area contributed by atoms with E-state index in [4.69, 9.17) is 0 Å². The van der Waals surface area contributed by atoms with Crippen molar-refractivity contribution in [2.45, 2.75) is 31.9 Å². The van der Waals surface area contributed by atoms with E-state index in [0.717, 1.165) is 31.9 Å². The molecule has 22 heavy (non-hydrogen) atoms. The lowest BCUT2D eigenvalue weighted by molar-refractivity contribution is -0.137. The second-order valence-electron chi connectivity index (χ2n) is 5.73. The molecule has 1 aromatic carbocycles. The Morgan fingerprint density at radius 2 is 2.18 bits per heavy atom. The molecule has 1 saturated heterocycles. The number of benzene rings is 1. The number of carbonyl (C=O) groups is 1. The standard InChI is InChI=1S/C17H20F3NO/c1-2-16(22)21-10-4-6-14(12-21)9-8-13-5-3-7-15(11-13)17(18,19)20/h2-3,5,7,11,14H,1,4,6,8-10,12H2/t14-/m1/s1. The number of aryl methyl sites for hydroxylation is 1. The maximum atomic E-state index is 12.7. The topological polar surface area (TPSA) is 20.3 Å². The monoisotopic (exact) mass is 311 g/mol. The van der Waals surface area contributed by atoms with Crippen molar-refractivity contribution in [3.8, 4) is 0 Å². The average Bonchev–Trinajstić information content (AvgIpc) is 2.52. The molecule has 1 fully saturated rings. The molecule has 2 rings (SSSR count). The second-order valence-corrected chi connectivity index (χ2v) is 5.73. The summed E-state index contributed by atoms with van der Waals surface area (Å²) in [6.07, 6.45) is 0.364. The van der Waals surface area contributed by atoms with Gasteiger partial charge in [-0.25, -0.2) is 0 Å². The second kappa shape index (κ2) is 6.99. The number of rotatable bonds is 4. The Kier molecular flexibility index (Phi) is 5.27. The molecule has 5 heteroatoms. The Morgan fingerprint density at radius 1 is 1.41 bits per heavy atom. The molecule has 0 radical (unpaired) electrons. The molecule has 0 unspecified atom stereocenters. The zero-order valence-electron chi connectivity index (χ0n) is 12.4. The third-order valence-electron chi connectivity index (χ3n) is 4.10. The minimum Gasteiger partial charge on any atom is -0.339 e. The van der Waals surface area contributed by atoms with Crippen LogP contribution in [-0.2, 0) is 17.4 Å². The summed E-state index contributed by atoms with van der Waals surface area (Å²) in [6.45, 7) is 4.90. The Balaban J connectivity index is 1.93. The first-order chi connectivity index (χ1) is 10.4. The predicted octanol–water partition coefficient (Wildman–Crippen LogP) is 4.06. The van der Waals surface area contributed by atoms with E-state index < -0.39 is 11.7 Å². The van der Waals surface area contributed by atoms with Crippen molar-refractivity contribution in [3.05, 3.63) is 48.0 Å². The molecule has 120 valence electrons. The van der Waals surface area contributed by atoms with Crippen LogP contribution < -0.4 is 0 Å². The Morgan fingerprint density at radius 3 is 2.86 bits per heavy atom. The first kappa shape index (κ1) is 16.6. The van der Waals surface area contributed by atoms with Crippen LogP contribution in [0.5, 0.6) is 0 Å². The van der Waals surface area contributed by atoms with Gasteiger partial charge in [0.15, 0.2) is 0 Å². The molecule has 0 spiro atoms. The largest absolute Gasteiger partial charge is 0.416 e. The summed E-state index contributed by atoms with van der Waals surface area (Å²) in [7, 11) is 0. The number of halogens is 3. The smallest absolute Gasteiger partial charge is 0.339 e. The fraction of sp³-hybridized carbons (Fsp3) is 0.471. The van der Waals surface area contributed by atoms with E-state index in [1.807, 2.05) is 0 Å². The summed E-state index contributed by atoms with van der Waals surface area (Å²) in [6, 6.07) is 5.49. The van der Waals surface area contributed by atoms with E-state index in [9.17, 15) is 18.0 Å². The third-order valence-corrected chi connectivity index (χ3v) is 4.10. The van der Waals surface area contributed by atoms with Crippen LogP contribution in [0.4, 0.5) is 13.2 Å². The zero-order valence-corrected chi connectivity index (χ0v) is 12.4. The van der Waals surface area contributed by atoms with Crippen LogP contribution in [0.1, 0.15) is 30.4 Å². The molecule has 0 bridgehead atoms. The number of alkyl halides is 3. The average molecular weight is 311 g/mol. The van der Waals surface area contributed by atoms with Crippen LogP contribution in [0.15, 0.2) is 36.9 Å². The van der Waals surface area contributed by atoms with Crippen molar-refractivity contribution in [2.24, 2.45) is 5.92 Å². The van der Waals surface area contributed by atoms with Gasteiger partial charge in [0.1, 0.15) is 0 Å². The summed E-state index contributed by atoms with van der Waals surface area (Å²) in [4.78, 5) is 13.4. The van der Waals surface area contributed by atoms with Crippen molar-refractivity contribution in [1.29, 1.82) is 0 Å².